The molecule has 0 aliphatic carbocycles. The zero-order valence-corrected chi connectivity index (χ0v) is 11.3. The first kappa shape index (κ1) is 13.8. The lowest BCUT2D eigenvalue weighted by Crippen LogP contribution is -2.26. The molecule has 0 saturated carbocycles. The topological polar surface area (TPSA) is 0 Å². The Hall–Kier alpha value is -1.18. The lowest BCUT2D eigenvalue weighted by Gasteiger charge is -2.11. The van der Waals surface area contributed by atoms with E-state index in [0.717, 1.165) is 23.6 Å². The van der Waals surface area contributed by atoms with Crippen molar-refractivity contribution in [2.24, 2.45) is 0 Å². The summed E-state index contributed by atoms with van der Waals surface area (Å²) in [6.07, 6.45) is 1.14. The molecule has 1 heteroatoms. The van der Waals surface area contributed by atoms with Crippen molar-refractivity contribution >= 4 is 8.07 Å². The van der Waals surface area contributed by atoms with Crippen LogP contribution in [0.5, 0.6) is 0 Å². The maximum Gasteiger partial charge on any atom is 0.214 e. The van der Waals surface area contributed by atoms with Gasteiger partial charge in [-0.2, -0.15) is 0 Å². The quantitative estimate of drug-likeness (QED) is 0.487. The molecule has 0 radical (unpaired) electrons. The Morgan fingerprint density at radius 3 is 1.73 bits per heavy atom. The van der Waals surface area contributed by atoms with Crippen molar-refractivity contribution in [3.8, 4) is 22.9 Å². The van der Waals surface area contributed by atoms with Gasteiger partial charge in [0.2, 0.25) is 8.07 Å². The molecule has 0 aliphatic rings. The van der Waals surface area contributed by atoms with Gasteiger partial charge in [-0.25, -0.2) is 0 Å². The van der Waals surface area contributed by atoms with Crippen LogP contribution in [-0.4, -0.2) is 8.07 Å². The van der Waals surface area contributed by atoms with Gasteiger partial charge in [0.05, 0.1) is 0 Å². The first-order valence-electron chi connectivity index (χ1n) is 5.27. The Morgan fingerprint density at radius 2 is 1.47 bits per heavy atom. The molecule has 0 rings (SSSR count). The van der Waals surface area contributed by atoms with Crippen molar-refractivity contribution in [1.82, 2.24) is 0 Å². The highest BCUT2D eigenvalue weighted by atomic mass is 28.3. The fraction of sp³-hybridized carbons (Fsp3) is 0.429. The summed E-state index contributed by atoms with van der Waals surface area (Å²) in [6, 6.07) is 1.12. The van der Waals surface area contributed by atoms with Crippen LogP contribution in [0.4, 0.5) is 0 Å². The van der Waals surface area contributed by atoms with Gasteiger partial charge in [-0.1, -0.05) is 38.3 Å². The minimum Gasteiger partial charge on any atom is -0.111 e. The second-order valence-electron chi connectivity index (χ2n) is 4.14. The van der Waals surface area contributed by atoms with E-state index in [4.69, 9.17) is 0 Å². The summed E-state index contributed by atoms with van der Waals surface area (Å²) in [7, 11) is -1.72. The molecule has 0 atom stereocenters. The summed E-state index contributed by atoms with van der Waals surface area (Å²) in [4.78, 5) is 0. The minimum atomic E-state index is -1.72. The van der Waals surface area contributed by atoms with Crippen LogP contribution in [0.25, 0.3) is 0 Å². The highest BCUT2D eigenvalue weighted by Crippen LogP contribution is 2.10. The number of hydrogen-bond acceptors (Lipinski definition) is 0. The highest BCUT2D eigenvalue weighted by molar-refractivity contribution is 6.93. The van der Waals surface area contributed by atoms with Gasteiger partial charge in [-0.3, -0.25) is 0 Å². The van der Waals surface area contributed by atoms with Crippen molar-refractivity contribution in [1.29, 1.82) is 0 Å². The van der Waals surface area contributed by atoms with E-state index in [0.29, 0.717) is 0 Å². The van der Waals surface area contributed by atoms with Gasteiger partial charge in [-0.15, -0.1) is 11.1 Å². The van der Waals surface area contributed by atoms with E-state index >= 15 is 0 Å². The van der Waals surface area contributed by atoms with Crippen molar-refractivity contribution in [2.75, 3.05) is 0 Å². The van der Waals surface area contributed by atoms with Crippen LogP contribution in [0.2, 0.25) is 12.6 Å². The van der Waals surface area contributed by atoms with Gasteiger partial charge in [-0.05, 0) is 37.6 Å². The van der Waals surface area contributed by atoms with Gasteiger partial charge in [0.1, 0.15) is 0 Å². The molecule has 0 amide bonds. The smallest absolute Gasteiger partial charge is 0.111 e. The summed E-state index contributed by atoms with van der Waals surface area (Å²) >= 11 is 0. The molecule has 0 aliphatic heterocycles. The molecule has 0 spiro atoms. The summed E-state index contributed by atoms with van der Waals surface area (Å²) in [5, 5.41) is 0. The van der Waals surface area contributed by atoms with Crippen LogP contribution in [0.15, 0.2) is 24.3 Å². The van der Waals surface area contributed by atoms with E-state index in [9.17, 15) is 0 Å². The van der Waals surface area contributed by atoms with E-state index < -0.39 is 8.07 Å². The molecule has 0 aromatic rings. The Morgan fingerprint density at radius 1 is 1.07 bits per heavy atom. The van der Waals surface area contributed by atoms with Crippen LogP contribution in [0.3, 0.4) is 0 Å². The maximum atomic E-state index is 3.80. The first-order chi connectivity index (χ1) is 6.89. The molecule has 0 fully saturated rings. The van der Waals surface area contributed by atoms with Gasteiger partial charge >= 0.3 is 0 Å². The normalized spacial score (nSPS) is 9.33. The molecule has 0 aromatic carbocycles. The molecule has 0 heterocycles. The minimum absolute atomic E-state index is 0.918. The second-order valence-corrected chi connectivity index (χ2v) is 7.81. The second kappa shape index (κ2) is 6.33. The molecule has 0 aromatic heterocycles. The molecule has 0 nitrogen and oxygen atoms in total. The predicted octanol–water partition coefficient (Wildman–Crippen LogP) is 3.71. The Bertz CT molecular complexity index is 334. The fourth-order valence-electron chi connectivity index (χ4n) is 1.15. The molecule has 0 unspecified atom stereocenters. The Labute approximate surface area is 95.5 Å². The summed E-state index contributed by atoms with van der Waals surface area (Å²) in [5.74, 6) is 6.16. The summed E-state index contributed by atoms with van der Waals surface area (Å²) in [6.45, 7) is 15.8. The van der Waals surface area contributed by atoms with Gasteiger partial charge < -0.3 is 0 Å². The van der Waals surface area contributed by atoms with Crippen LogP contribution in [0.1, 0.15) is 27.2 Å². The predicted molar refractivity (Wildman–Crippen MR) is 71.9 cm³/mol. The van der Waals surface area contributed by atoms with Crippen LogP contribution >= 0.6 is 0 Å². The average Bonchev–Trinajstić information content (AvgIpc) is 2.13. The largest absolute Gasteiger partial charge is 0.214 e. The highest BCUT2D eigenvalue weighted by Gasteiger charge is 2.21. The van der Waals surface area contributed by atoms with E-state index in [2.05, 4.69) is 49.6 Å². The molecule has 0 bridgehead atoms. The molecular formula is C14H20Si. The lowest BCUT2D eigenvalue weighted by molar-refractivity contribution is 1.06. The monoisotopic (exact) mass is 216 g/mol. The van der Waals surface area contributed by atoms with Crippen molar-refractivity contribution in [3.63, 3.8) is 0 Å². The number of hydrogen-bond donors (Lipinski definition) is 0. The van der Waals surface area contributed by atoms with E-state index in [-0.39, 0.29) is 0 Å². The van der Waals surface area contributed by atoms with Crippen LogP contribution in [0, 0.1) is 22.9 Å². The van der Waals surface area contributed by atoms with E-state index in [1.165, 1.54) is 0 Å². The molecule has 80 valence electrons. The zero-order valence-electron chi connectivity index (χ0n) is 10.3. The third-order valence-corrected chi connectivity index (χ3v) is 4.71. The van der Waals surface area contributed by atoms with Crippen molar-refractivity contribution in [3.05, 3.63) is 24.3 Å². The number of rotatable bonds is 2. The van der Waals surface area contributed by atoms with Crippen molar-refractivity contribution < 1.29 is 0 Å². The van der Waals surface area contributed by atoms with E-state index in [1.54, 1.807) is 0 Å². The van der Waals surface area contributed by atoms with Gasteiger partial charge in [0.25, 0.3) is 0 Å². The van der Waals surface area contributed by atoms with Crippen LogP contribution < -0.4 is 0 Å². The molecular weight excluding hydrogens is 196 g/mol. The standard InChI is InChI=1S/C14H20Si/c1-7-10-15(6,11-8-13(2)3)12-9-14(4)5/h2,4,7,10H2,1,3,5-6H3. The maximum absolute atomic E-state index is 3.80. The SMILES string of the molecule is C=C(C)C#C[Si](C)(C#CC(=C)C)CCC. The van der Waals surface area contributed by atoms with Crippen molar-refractivity contribution in [2.45, 2.75) is 39.8 Å². The third kappa shape index (κ3) is 6.83. The van der Waals surface area contributed by atoms with E-state index in [1.807, 2.05) is 13.8 Å². The lowest BCUT2D eigenvalue weighted by atomic mass is 10.4. The van der Waals surface area contributed by atoms with Gasteiger partial charge in [0.15, 0.2) is 0 Å². The van der Waals surface area contributed by atoms with Gasteiger partial charge in [0, 0.05) is 0 Å². The summed E-state index contributed by atoms with van der Waals surface area (Å²) in [5.41, 5.74) is 8.49. The number of allylic oxidation sites excluding steroid dienone is 2. The zero-order chi connectivity index (χ0) is 11.9. The molecule has 0 saturated heterocycles. The average molecular weight is 216 g/mol. The fourth-order valence-corrected chi connectivity index (χ4v) is 3.44. The van der Waals surface area contributed by atoms with Crippen LogP contribution in [-0.2, 0) is 0 Å². The Kier molecular flexibility index (Phi) is 5.83. The summed E-state index contributed by atoms with van der Waals surface area (Å²) < 4.78 is 0. The molecule has 0 N–H and O–H groups in total. The third-order valence-electron chi connectivity index (χ3n) is 1.85. The Balaban J connectivity index is 4.94. The molecule has 15 heavy (non-hydrogen) atoms. The first-order valence-corrected chi connectivity index (χ1v) is 7.97.